The van der Waals surface area contributed by atoms with E-state index >= 15 is 4.39 Å². The molecule has 0 aliphatic carbocycles. The van der Waals surface area contributed by atoms with Gasteiger partial charge in [-0.15, -0.1) is 0 Å². The average Bonchev–Trinajstić information content (AvgIpc) is 1.67. The van der Waals surface area contributed by atoms with Crippen molar-refractivity contribution >= 4 is 167 Å². The van der Waals surface area contributed by atoms with Gasteiger partial charge < -0.3 is 46.6 Å². The summed E-state index contributed by atoms with van der Waals surface area (Å²) in [7, 11) is 10.0. The van der Waals surface area contributed by atoms with Gasteiger partial charge in [0.05, 0.1) is 56.0 Å². The molecule has 602 valence electrons. The molecule has 123 heavy (non-hydrogen) atoms. The number of para-hydroxylation sites is 10. The third-order valence-electron chi connectivity index (χ3n) is 23.0. The zero-order chi connectivity index (χ0) is 84.2. The van der Waals surface area contributed by atoms with Crippen molar-refractivity contribution < 1.29 is 30.9 Å². The van der Waals surface area contributed by atoms with Gasteiger partial charge in [0.15, 0.2) is 11.2 Å². The second-order valence-corrected chi connectivity index (χ2v) is 31.5. The van der Waals surface area contributed by atoms with Crippen LogP contribution in [0.5, 0.6) is 0 Å². The van der Waals surface area contributed by atoms with Crippen LogP contribution in [0.1, 0.15) is 26.3 Å². The molecule has 0 bridgehead atoms. The van der Waals surface area contributed by atoms with Gasteiger partial charge in [0.25, 0.3) is 0 Å². The Hall–Kier alpha value is -15.4. The first-order chi connectivity index (χ1) is 60.1. The Kier molecular flexibility index (Phi) is 21.9. The van der Waals surface area contributed by atoms with E-state index in [9.17, 15) is 4.39 Å². The lowest BCUT2D eigenvalue weighted by atomic mass is 9.87. The second-order valence-electron chi connectivity index (χ2n) is 31.5. The van der Waals surface area contributed by atoms with Gasteiger partial charge in [-0.3, -0.25) is 0 Å². The van der Waals surface area contributed by atoms with Gasteiger partial charge in [-0.25, -0.2) is 8.78 Å². The highest BCUT2D eigenvalue weighted by molar-refractivity contribution is 6.16. The Morgan fingerprint density at radius 1 is 0.211 bits per heavy atom. The predicted octanol–water partition coefficient (Wildman–Crippen LogP) is 31.7. The van der Waals surface area contributed by atoms with Crippen molar-refractivity contribution in [1.82, 2.24) is 0 Å². The average molecular weight is 1610 g/mol. The monoisotopic (exact) mass is 1610 g/mol. The summed E-state index contributed by atoms with van der Waals surface area (Å²) >= 11 is 0. The smallest absolute Gasteiger partial charge is 0.159 e. The van der Waals surface area contributed by atoms with Crippen LogP contribution in [0.3, 0.4) is 0 Å². The van der Waals surface area contributed by atoms with Gasteiger partial charge in [0.2, 0.25) is 0 Å². The summed E-state index contributed by atoms with van der Waals surface area (Å²) in [5.41, 5.74) is 24.2. The Morgan fingerprint density at radius 2 is 0.528 bits per heavy atom. The molecule has 0 saturated carbocycles. The third kappa shape index (κ3) is 15.7. The van der Waals surface area contributed by atoms with Crippen LogP contribution in [0, 0.1) is 11.6 Å². The lowest BCUT2D eigenvalue weighted by molar-refractivity contribution is 0.590. The molecule has 22 rings (SSSR count). The molecule has 22 aromatic rings. The molecule has 5 heterocycles. The van der Waals surface area contributed by atoms with Crippen molar-refractivity contribution in [1.29, 1.82) is 0 Å². The van der Waals surface area contributed by atoms with Crippen molar-refractivity contribution in [3.63, 3.8) is 0 Å². The molecule has 10 nitrogen and oxygen atoms in total. The molecule has 12 heteroatoms. The number of rotatable bonds is 12. The molecular formula is C111H89F2N5O5. The molecule has 17 aromatic carbocycles. The van der Waals surface area contributed by atoms with E-state index in [1.807, 2.05) is 230 Å². The molecule has 0 spiro atoms. The number of nitrogens with zero attached hydrogens (tertiary/aromatic N) is 5. The molecule has 5 aromatic heterocycles. The first kappa shape index (κ1) is 78.8. The minimum atomic E-state index is -0.267. The highest BCUT2D eigenvalue weighted by atomic mass is 19.1. The van der Waals surface area contributed by atoms with Crippen LogP contribution < -0.4 is 24.5 Å². The first-order valence-electron chi connectivity index (χ1n) is 41.2. The lowest BCUT2D eigenvalue weighted by Crippen LogP contribution is -2.13. The maximum Gasteiger partial charge on any atom is 0.159 e. The summed E-state index contributed by atoms with van der Waals surface area (Å²) < 4.78 is 59.2. The van der Waals surface area contributed by atoms with E-state index in [1.165, 1.54) is 44.9 Å². The van der Waals surface area contributed by atoms with Crippen LogP contribution in [0.4, 0.5) is 65.7 Å². The van der Waals surface area contributed by atoms with Crippen molar-refractivity contribution in [2.75, 3.05) is 59.7 Å². The predicted molar refractivity (Wildman–Crippen MR) is 511 cm³/mol. The van der Waals surface area contributed by atoms with E-state index in [0.717, 1.165) is 144 Å². The fourth-order valence-corrected chi connectivity index (χ4v) is 16.5. The molecule has 0 amide bonds. The SMILES string of the molecule is CN(c1ccc(-c2ccccc2)cc1F)c1cccc2c1oc1ccccc12.CN(c1ccc(C(C)(C)C)cc1)c1cccc2oc3ccccc3c12.CN(c1ccccc1)c1cccc2oc3ccccc3c12.CN(c1ccccc1-c1ccccc1)c1cccc2oc3ccccc3c12.CN(c1ccccc1F)c1cccc2c1oc1ccccc12. The normalized spacial score (nSPS) is 11.3. The molecule has 0 aliphatic rings. The number of benzene rings is 17. The zero-order valence-corrected chi connectivity index (χ0v) is 69.6. The van der Waals surface area contributed by atoms with Gasteiger partial charge in [0, 0.05) is 95.6 Å². The van der Waals surface area contributed by atoms with Crippen molar-refractivity contribution in [2.24, 2.45) is 0 Å². The molecule has 0 radical (unpaired) electrons. The molecule has 0 N–H and O–H groups in total. The number of hydrogen-bond donors (Lipinski definition) is 0. The molecule has 0 unspecified atom stereocenters. The van der Waals surface area contributed by atoms with Crippen LogP contribution in [0.15, 0.2) is 416 Å². The summed E-state index contributed by atoms with van der Waals surface area (Å²) in [6, 6.07) is 131. The summed E-state index contributed by atoms with van der Waals surface area (Å²) in [4.78, 5) is 10.3. The summed E-state index contributed by atoms with van der Waals surface area (Å²) in [6.07, 6.45) is 0. The van der Waals surface area contributed by atoms with Crippen LogP contribution >= 0.6 is 0 Å². The highest BCUT2D eigenvalue weighted by Crippen LogP contribution is 2.46. The zero-order valence-electron chi connectivity index (χ0n) is 69.6. The van der Waals surface area contributed by atoms with Crippen LogP contribution in [0.25, 0.3) is 132 Å². The fraction of sp³-hybridized carbons (Fsp3) is 0.0811. The fourth-order valence-electron chi connectivity index (χ4n) is 16.5. The number of hydrogen-bond acceptors (Lipinski definition) is 10. The molecular weight excluding hydrogens is 1520 g/mol. The van der Waals surface area contributed by atoms with Crippen LogP contribution in [0.2, 0.25) is 0 Å². The van der Waals surface area contributed by atoms with Gasteiger partial charge >= 0.3 is 0 Å². The topological polar surface area (TPSA) is 81.9 Å². The van der Waals surface area contributed by atoms with Gasteiger partial charge in [-0.05, 0) is 161 Å². The molecule has 0 aliphatic heterocycles. The highest BCUT2D eigenvalue weighted by Gasteiger charge is 2.23. The lowest BCUT2D eigenvalue weighted by Gasteiger charge is -2.23. The van der Waals surface area contributed by atoms with Crippen molar-refractivity contribution in [3.8, 4) is 22.3 Å². The summed E-state index contributed by atoms with van der Waals surface area (Å²) in [5.74, 6) is -0.518. The molecule has 0 saturated heterocycles. The van der Waals surface area contributed by atoms with Crippen molar-refractivity contribution in [3.05, 3.63) is 412 Å². The Labute approximate surface area is 712 Å². The van der Waals surface area contributed by atoms with E-state index in [4.69, 9.17) is 22.1 Å². The summed E-state index contributed by atoms with van der Waals surface area (Å²) in [5, 5.41) is 11.1. The molecule has 0 atom stereocenters. The van der Waals surface area contributed by atoms with E-state index < -0.39 is 0 Å². The largest absolute Gasteiger partial charge is 0.456 e. The number of halogens is 2. The van der Waals surface area contributed by atoms with Crippen molar-refractivity contribution in [2.45, 2.75) is 26.2 Å². The maximum absolute atomic E-state index is 15.0. The summed E-state index contributed by atoms with van der Waals surface area (Å²) in [6.45, 7) is 6.72. The van der Waals surface area contributed by atoms with E-state index in [1.54, 1.807) is 18.2 Å². The van der Waals surface area contributed by atoms with E-state index in [0.29, 0.717) is 11.4 Å². The Balaban J connectivity index is 0.000000105. The van der Waals surface area contributed by atoms with E-state index in [-0.39, 0.29) is 17.0 Å². The number of anilines is 10. The second kappa shape index (κ2) is 34.1. The number of furan rings is 5. The Bertz CT molecular complexity index is 7510. The quantitative estimate of drug-likeness (QED) is 0.118. The van der Waals surface area contributed by atoms with Gasteiger partial charge in [0.1, 0.15) is 56.3 Å². The third-order valence-corrected chi connectivity index (χ3v) is 23.0. The minimum absolute atomic E-state index is 0.165. The standard InChI is InChI=1S/C25H18FNO.C25H19NO.C23H23NO.C19H14FNO.C19H15NO/c1-27(22-15-14-18(16-21(22)26)17-8-3-2-4-9-17)23-12-7-11-20-19-10-5-6-13-24(19)28-25(20)23;1-26(21-14-7-5-12-19(21)18-10-3-2-4-11-18)22-15-9-17-24-25(22)20-13-6-8-16-23(20)27-24;1-23(2,3)16-12-14-17(15-13-16)24(4)19-9-7-11-21-22(19)18-8-5-6-10-20(18)25-21;1-21(16-10-4-3-9-15(16)20)17-11-6-8-14-13-7-2-5-12-18(13)22-19(14)17;1-20(14-8-3-2-4-9-14)16-11-7-13-18-19(16)15-10-5-6-12-17(15)21-18/h2-16H,1H3;2-17H,1H3;5-15H,1-4H3;2-12H,1H3;2-13H,1H3. The van der Waals surface area contributed by atoms with Crippen LogP contribution in [-0.4, -0.2) is 35.2 Å². The minimum Gasteiger partial charge on any atom is -0.456 e. The van der Waals surface area contributed by atoms with Crippen LogP contribution in [-0.2, 0) is 5.41 Å². The first-order valence-corrected chi connectivity index (χ1v) is 41.2. The number of fused-ring (bicyclic) bond motifs is 15. The maximum atomic E-state index is 15.0. The van der Waals surface area contributed by atoms with Gasteiger partial charge in [-0.2, -0.15) is 0 Å². The van der Waals surface area contributed by atoms with E-state index in [2.05, 4.69) is 220 Å². The Morgan fingerprint density at radius 3 is 0.976 bits per heavy atom. The van der Waals surface area contributed by atoms with Gasteiger partial charge in [-0.1, -0.05) is 282 Å². The molecule has 0 fully saturated rings.